The van der Waals surface area contributed by atoms with Gasteiger partial charge in [-0.1, -0.05) is 0 Å². The number of fused-ring (bicyclic) bond motifs is 1. The summed E-state index contributed by atoms with van der Waals surface area (Å²) in [6, 6.07) is 3.97. The topological polar surface area (TPSA) is 57.8 Å². The fourth-order valence-corrected chi connectivity index (χ4v) is 3.41. The summed E-state index contributed by atoms with van der Waals surface area (Å²) >= 11 is 5.14. The van der Waals surface area contributed by atoms with Gasteiger partial charge in [-0.25, -0.2) is 9.97 Å². The molecule has 0 atom stereocenters. The van der Waals surface area contributed by atoms with Gasteiger partial charge in [0.1, 0.15) is 5.65 Å². The maximum atomic E-state index is 4.60. The monoisotopic (exact) mass is 406 g/mol. The third-order valence-electron chi connectivity index (χ3n) is 3.53. The molecule has 0 unspecified atom stereocenters. The van der Waals surface area contributed by atoms with Gasteiger partial charge in [0.05, 0.1) is 29.5 Å². The van der Waals surface area contributed by atoms with E-state index in [1.165, 1.54) is 0 Å². The molecule has 6 nitrogen and oxygen atoms in total. The molecule has 0 aliphatic rings. The standard InChI is InChI=1S/C16H19BrN6S/c1-11-20-14(10-24-11)8-22(3)16(18-2)19-6-13-9-23-7-12(17)4-5-15(23)21-13/h4-5,7,9-10H,6,8H2,1-3H3,(H,18,19). The quantitative estimate of drug-likeness (QED) is 0.534. The van der Waals surface area contributed by atoms with Crippen molar-refractivity contribution in [2.45, 2.75) is 20.0 Å². The number of rotatable bonds is 4. The lowest BCUT2D eigenvalue weighted by Crippen LogP contribution is -2.38. The van der Waals surface area contributed by atoms with E-state index in [1.54, 1.807) is 18.4 Å². The molecular weight excluding hydrogens is 388 g/mol. The first kappa shape index (κ1) is 16.9. The minimum absolute atomic E-state index is 0.617. The second-order valence-corrected chi connectivity index (χ2v) is 7.44. The number of hydrogen-bond acceptors (Lipinski definition) is 4. The molecule has 0 radical (unpaired) electrons. The number of halogens is 1. The number of aliphatic imine (C=N–C) groups is 1. The van der Waals surface area contributed by atoms with Crippen LogP contribution in [0.25, 0.3) is 5.65 Å². The number of aryl methyl sites for hydroxylation is 1. The second kappa shape index (κ2) is 7.31. The Bertz CT molecular complexity index is 868. The van der Waals surface area contributed by atoms with Crippen molar-refractivity contribution >= 4 is 38.9 Å². The van der Waals surface area contributed by atoms with Crippen molar-refractivity contribution in [1.29, 1.82) is 0 Å². The molecule has 0 saturated heterocycles. The predicted octanol–water partition coefficient (Wildman–Crippen LogP) is 3.07. The Hall–Kier alpha value is -1.93. The first-order valence-corrected chi connectivity index (χ1v) is 9.18. The fraction of sp³-hybridized carbons (Fsp3) is 0.312. The summed E-state index contributed by atoms with van der Waals surface area (Å²) < 4.78 is 3.03. The van der Waals surface area contributed by atoms with Gasteiger partial charge in [0.2, 0.25) is 0 Å². The zero-order valence-electron chi connectivity index (χ0n) is 13.8. The van der Waals surface area contributed by atoms with Crippen molar-refractivity contribution in [3.8, 4) is 0 Å². The molecule has 0 aromatic carbocycles. The Morgan fingerprint density at radius 3 is 2.88 bits per heavy atom. The lowest BCUT2D eigenvalue weighted by Gasteiger charge is -2.20. The Labute approximate surface area is 153 Å². The summed E-state index contributed by atoms with van der Waals surface area (Å²) in [6.07, 6.45) is 4.02. The highest BCUT2D eigenvalue weighted by atomic mass is 79.9. The molecule has 126 valence electrons. The second-order valence-electron chi connectivity index (χ2n) is 5.46. The van der Waals surface area contributed by atoms with Gasteiger partial charge in [-0.3, -0.25) is 4.99 Å². The van der Waals surface area contributed by atoms with Crippen LogP contribution in [0.15, 0.2) is 39.4 Å². The molecule has 0 aliphatic heterocycles. The summed E-state index contributed by atoms with van der Waals surface area (Å²) in [7, 11) is 3.79. The number of hydrogen-bond donors (Lipinski definition) is 1. The third-order valence-corrected chi connectivity index (χ3v) is 4.82. The summed E-state index contributed by atoms with van der Waals surface area (Å²) in [4.78, 5) is 15.5. The number of thiazole rings is 1. The van der Waals surface area contributed by atoms with E-state index < -0.39 is 0 Å². The fourth-order valence-electron chi connectivity index (χ4n) is 2.46. The summed E-state index contributed by atoms with van der Waals surface area (Å²) in [5.74, 6) is 0.818. The highest BCUT2D eigenvalue weighted by Gasteiger charge is 2.09. The van der Waals surface area contributed by atoms with Crippen molar-refractivity contribution in [2.75, 3.05) is 14.1 Å². The molecule has 3 aromatic heterocycles. The lowest BCUT2D eigenvalue weighted by atomic mass is 10.4. The minimum atomic E-state index is 0.617. The van der Waals surface area contributed by atoms with E-state index in [1.807, 2.05) is 42.9 Å². The lowest BCUT2D eigenvalue weighted by molar-refractivity contribution is 0.470. The molecule has 1 N–H and O–H groups in total. The average molecular weight is 407 g/mol. The van der Waals surface area contributed by atoms with Gasteiger partial charge in [0.15, 0.2) is 5.96 Å². The SMILES string of the molecule is CN=C(NCc1cn2cc(Br)ccc2n1)N(C)Cc1csc(C)n1. The van der Waals surface area contributed by atoms with Crippen molar-refractivity contribution in [2.24, 2.45) is 4.99 Å². The van der Waals surface area contributed by atoms with Crippen LogP contribution in [-0.2, 0) is 13.1 Å². The smallest absolute Gasteiger partial charge is 0.194 e. The predicted molar refractivity (Wildman–Crippen MR) is 101 cm³/mol. The maximum absolute atomic E-state index is 4.60. The van der Waals surface area contributed by atoms with Crippen LogP contribution in [0, 0.1) is 6.92 Å². The molecular formula is C16H19BrN6S. The normalized spacial score (nSPS) is 11.9. The van der Waals surface area contributed by atoms with Gasteiger partial charge in [0.25, 0.3) is 0 Å². The Kier molecular flexibility index (Phi) is 5.15. The zero-order valence-corrected chi connectivity index (χ0v) is 16.2. The van der Waals surface area contributed by atoms with Crippen LogP contribution < -0.4 is 5.32 Å². The van der Waals surface area contributed by atoms with Crippen LogP contribution >= 0.6 is 27.3 Å². The van der Waals surface area contributed by atoms with Gasteiger partial charge in [-0.05, 0) is 35.0 Å². The van der Waals surface area contributed by atoms with E-state index in [2.05, 4.69) is 46.5 Å². The van der Waals surface area contributed by atoms with E-state index in [4.69, 9.17) is 0 Å². The molecule has 0 amide bonds. The highest BCUT2D eigenvalue weighted by molar-refractivity contribution is 9.10. The van der Waals surface area contributed by atoms with Crippen molar-refractivity contribution in [1.82, 2.24) is 24.6 Å². The van der Waals surface area contributed by atoms with Gasteiger partial charge < -0.3 is 14.6 Å². The molecule has 8 heteroatoms. The number of nitrogens with one attached hydrogen (secondary N) is 1. The van der Waals surface area contributed by atoms with Gasteiger partial charge in [0, 0.05) is 36.3 Å². The molecule has 0 saturated carbocycles. The molecule has 0 fully saturated rings. The van der Waals surface area contributed by atoms with Gasteiger partial charge in [-0.15, -0.1) is 11.3 Å². The Morgan fingerprint density at radius 2 is 2.17 bits per heavy atom. The molecule has 3 aromatic rings. The third kappa shape index (κ3) is 3.93. The van der Waals surface area contributed by atoms with E-state index in [9.17, 15) is 0 Å². The first-order valence-electron chi connectivity index (χ1n) is 7.51. The van der Waals surface area contributed by atoms with Crippen LogP contribution in [0.1, 0.15) is 16.4 Å². The number of pyridine rings is 1. The summed E-state index contributed by atoms with van der Waals surface area (Å²) in [5.41, 5.74) is 2.95. The van der Waals surface area contributed by atoms with Crippen LogP contribution in [0.2, 0.25) is 0 Å². The Morgan fingerprint density at radius 1 is 1.33 bits per heavy atom. The molecule has 3 rings (SSSR count). The molecule has 3 heterocycles. The van der Waals surface area contributed by atoms with Crippen LogP contribution in [0.3, 0.4) is 0 Å². The number of guanidine groups is 1. The van der Waals surface area contributed by atoms with Crippen LogP contribution in [0.4, 0.5) is 0 Å². The van der Waals surface area contributed by atoms with E-state index in [0.29, 0.717) is 6.54 Å². The minimum Gasteiger partial charge on any atom is -0.351 e. The van der Waals surface area contributed by atoms with E-state index >= 15 is 0 Å². The van der Waals surface area contributed by atoms with E-state index in [0.717, 1.165) is 39.0 Å². The van der Waals surface area contributed by atoms with Crippen LogP contribution in [-0.4, -0.2) is 39.3 Å². The van der Waals surface area contributed by atoms with Crippen molar-refractivity contribution in [3.05, 3.63) is 50.8 Å². The van der Waals surface area contributed by atoms with Crippen molar-refractivity contribution < 1.29 is 0 Å². The summed E-state index contributed by atoms with van der Waals surface area (Å²) in [6.45, 7) is 3.36. The van der Waals surface area contributed by atoms with Gasteiger partial charge >= 0.3 is 0 Å². The largest absolute Gasteiger partial charge is 0.351 e. The molecule has 0 bridgehead atoms. The molecule has 0 aliphatic carbocycles. The van der Waals surface area contributed by atoms with Crippen molar-refractivity contribution in [3.63, 3.8) is 0 Å². The maximum Gasteiger partial charge on any atom is 0.194 e. The molecule has 0 spiro atoms. The number of nitrogens with zero attached hydrogens (tertiary/aromatic N) is 5. The zero-order chi connectivity index (χ0) is 17.1. The van der Waals surface area contributed by atoms with Gasteiger partial charge in [-0.2, -0.15) is 0 Å². The number of aromatic nitrogens is 3. The average Bonchev–Trinajstić information content (AvgIpc) is 3.13. The Balaban J connectivity index is 1.64. The molecule has 24 heavy (non-hydrogen) atoms. The van der Waals surface area contributed by atoms with E-state index in [-0.39, 0.29) is 0 Å². The summed E-state index contributed by atoms with van der Waals surface area (Å²) in [5, 5.41) is 6.52. The first-order chi connectivity index (χ1) is 11.5. The highest BCUT2D eigenvalue weighted by Crippen LogP contribution is 2.13. The van der Waals surface area contributed by atoms with Crippen LogP contribution in [0.5, 0.6) is 0 Å². The number of imidazole rings is 1.